The molecule has 0 N–H and O–H groups in total. The van der Waals surface area contributed by atoms with Crippen LogP contribution in [0.25, 0.3) is 0 Å². The molecule has 0 radical (unpaired) electrons. The number of amides is 1. The molecule has 0 unspecified atom stereocenters. The van der Waals surface area contributed by atoms with E-state index in [1.807, 2.05) is 4.90 Å². The van der Waals surface area contributed by atoms with Crippen LogP contribution in [-0.4, -0.2) is 67.4 Å². The predicted molar refractivity (Wildman–Crippen MR) is 104 cm³/mol. The Hall–Kier alpha value is -2.15. The summed E-state index contributed by atoms with van der Waals surface area (Å²) < 4.78 is 20.0. The number of likely N-dealkylation sites (tertiary alicyclic amines) is 2. The molecular formula is C21H28FN3O3. The highest BCUT2D eigenvalue weighted by Gasteiger charge is 2.44. The van der Waals surface area contributed by atoms with E-state index in [0.717, 1.165) is 38.8 Å². The lowest BCUT2D eigenvalue weighted by molar-refractivity contribution is -0.140. The van der Waals surface area contributed by atoms with Gasteiger partial charge in [0.1, 0.15) is 24.3 Å². The maximum atomic E-state index is 13.7. The van der Waals surface area contributed by atoms with E-state index in [0.29, 0.717) is 36.5 Å². The smallest absolute Gasteiger partial charge is 0.225 e. The van der Waals surface area contributed by atoms with Gasteiger partial charge in [-0.2, -0.15) is 0 Å². The number of rotatable bonds is 2. The average molecular weight is 389 g/mol. The van der Waals surface area contributed by atoms with E-state index < -0.39 is 5.60 Å². The van der Waals surface area contributed by atoms with Gasteiger partial charge in [0.2, 0.25) is 5.91 Å². The van der Waals surface area contributed by atoms with E-state index in [1.54, 1.807) is 6.07 Å². The second-order valence-corrected chi connectivity index (χ2v) is 8.23. The molecule has 1 aromatic rings. The summed E-state index contributed by atoms with van der Waals surface area (Å²) in [5.41, 5.74) is 0.946. The fourth-order valence-electron chi connectivity index (χ4n) is 4.61. The van der Waals surface area contributed by atoms with Gasteiger partial charge in [0.25, 0.3) is 0 Å². The van der Waals surface area contributed by atoms with Gasteiger partial charge in [0.05, 0.1) is 5.71 Å². The highest BCUT2D eigenvalue weighted by atomic mass is 19.1. The monoisotopic (exact) mass is 389 g/mol. The first-order valence-electron chi connectivity index (χ1n) is 10.1. The minimum atomic E-state index is -0.411. The third kappa shape index (κ3) is 3.72. The van der Waals surface area contributed by atoms with Crippen LogP contribution in [0.1, 0.15) is 37.7 Å². The normalized spacial score (nSPS) is 24.1. The zero-order valence-corrected chi connectivity index (χ0v) is 16.6. The summed E-state index contributed by atoms with van der Waals surface area (Å²) in [6.07, 6.45) is 3.93. The SMILES string of the molecule is CON=C1CC2(CCN(C(=O)C3CCN(C)CC3)CC2)Oc2ccc(F)cc21. The van der Waals surface area contributed by atoms with Crippen LogP contribution in [0.2, 0.25) is 0 Å². The molecule has 2 saturated heterocycles. The summed E-state index contributed by atoms with van der Waals surface area (Å²) in [6.45, 7) is 3.34. The van der Waals surface area contributed by atoms with E-state index >= 15 is 0 Å². The molecule has 3 aliphatic heterocycles. The van der Waals surface area contributed by atoms with Crippen LogP contribution in [0.4, 0.5) is 4.39 Å². The van der Waals surface area contributed by atoms with E-state index in [9.17, 15) is 9.18 Å². The van der Waals surface area contributed by atoms with Crippen molar-refractivity contribution in [3.63, 3.8) is 0 Å². The Morgan fingerprint density at radius 2 is 1.96 bits per heavy atom. The first kappa shape index (κ1) is 19.2. The Balaban J connectivity index is 1.46. The molecule has 28 heavy (non-hydrogen) atoms. The van der Waals surface area contributed by atoms with E-state index in [4.69, 9.17) is 9.57 Å². The number of piperidine rings is 2. The molecule has 0 bridgehead atoms. The van der Waals surface area contributed by atoms with Gasteiger partial charge in [0, 0.05) is 43.8 Å². The number of hydrogen-bond donors (Lipinski definition) is 0. The zero-order valence-electron chi connectivity index (χ0n) is 16.6. The Morgan fingerprint density at radius 1 is 1.25 bits per heavy atom. The Morgan fingerprint density at radius 3 is 2.64 bits per heavy atom. The zero-order chi connectivity index (χ0) is 19.7. The topological polar surface area (TPSA) is 54.4 Å². The fraction of sp³-hybridized carbons (Fsp3) is 0.619. The van der Waals surface area contributed by atoms with Crippen LogP contribution >= 0.6 is 0 Å². The first-order valence-corrected chi connectivity index (χ1v) is 10.1. The van der Waals surface area contributed by atoms with Gasteiger partial charge in [-0.25, -0.2) is 4.39 Å². The van der Waals surface area contributed by atoms with Crippen molar-refractivity contribution in [3.05, 3.63) is 29.6 Å². The van der Waals surface area contributed by atoms with Crippen LogP contribution in [0.15, 0.2) is 23.4 Å². The van der Waals surface area contributed by atoms with Gasteiger partial charge < -0.3 is 19.4 Å². The highest BCUT2D eigenvalue weighted by molar-refractivity contribution is 6.04. The quantitative estimate of drug-likeness (QED) is 0.730. The molecule has 0 atom stereocenters. The molecule has 1 aromatic carbocycles. The number of oxime groups is 1. The number of carbonyl (C=O) groups excluding carboxylic acids is 1. The van der Waals surface area contributed by atoms with Crippen molar-refractivity contribution in [2.75, 3.05) is 40.3 Å². The lowest BCUT2D eigenvalue weighted by Crippen LogP contribution is -2.53. The van der Waals surface area contributed by atoms with Gasteiger partial charge >= 0.3 is 0 Å². The third-order valence-electron chi connectivity index (χ3n) is 6.32. The highest BCUT2D eigenvalue weighted by Crippen LogP contribution is 2.40. The first-order chi connectivity index (χ1) is 13.5. The molecule has 1 spiro atoms. The van der Waals surface area contributed by atoms with Crippen LogP contribution in [0.5, 0.6) is 5.75 Å². The summed E-state index contributed by atoms with van der Waals surface area (Å²) >= 11 is 0. The van der Waals surface area contributed by atoms with Gasteiger partial charge in [-0.3, -0.25) is 4.79 Å². The van der Waals surface area contributed by atoms with Crippen molar-refractivity contribution in [2.45, 2.75) is 37.7 Å². The van der Waals surface area contributed by atoms with Gasteiger partial charge in [-0.05, 0) is 51.2 Å². The van der Waals surface area contributed by atoms with Crippen molar-refractivity contribution in [1.29, 1.82) is 0 Å². The molecule has 2 fully saturated rings. The molecule has 3 heterocycles. The molecule has 0 aliphatic carbocycles. The molecule has 3 aliphatic rings. The van der Waals surface area contributed by atoms with Crippen LogP contribution < -0.4 is 4.74 Å². The molecule has 6 nitrogen and oxygen atoms in total. The standard InChI is InChI=1S/C21H28FN3O3/c1-24-9-5-15(6-10-24)20(26)25-11-7-21(8-12-25)14-18(23-27-2)17-13-16(22)3-4-19(17)28-21/h3-4,13,15H,5-12,14H2,1-2H3. The van der Waals surface area contributed by atoms with E-state index in [-0.39, 0.29) is 17.6 Å². The second kappa shape index (κ2) is 7.70. The van der Waals surface area contributed by atoms with Crippen molar-refractivity contribution in [1.82, 2.24) is 9.80 Å². The predicted octanol–water partition coefficient (Wildman–Crippen LogP) is 2.66. The number of nitrogens with zero attached hydrogens (tertiary/aromatic N) is 3. The summed E-state index contributed by atoms with van der Waals surface area (Å²) in [6, 6.07) is 4.51. The van der Waals surface area contributed by atoms with E-state index in [2.05, 4.69) is 17.1 Å². The Labute approximate surface area is 165 Å². The number of halogens is 1. The second-order valence-electron chi connectivity index (χ2n) is 8.23. The number of fused-ring (bicyclic) bond motifs is 1. The minimum absolute atomic E-state index is 0.145. The van der Waals surface area contributed by atoms with Gasteiger partial charge in [-0.15, -0.1) is 0 Å². The summed E-state index contributed by atoms with van der Waals surface area (Å²) in [4.78, 5) is 22.2. The lowest BCUT2D eigenvalue weighted by atomic mass is 9.81. The molecule has 152 valence electrons. The van der Waals surface area contributed by atoms with Gasteiger partial charge in [0.15, 0.2) is 0 Å². The number of carbonyl (C=O) groups is 1. The summed E-state index contributed by atoms with van der Waals surface area (Å²) in [5.74, 6) is 0.748. The number of hydrogen-bond acceptors (Lipinski definition) is 5. The number of benzene rings is 1. The molecule has 0 aromatic heterocycles. The molecule has 4 rings (SSSR count). The van der Waals surface area contributed by atoms with Crippen LogP contribution in [0, 0.1) is 11.7 Å². The Kier molecular flexibility index (Phi) is 5.27. The van der Waals surface area contributed by atoms with E-state index in [1.165, 1.54) is 19.2 Å². The lowest BCUT2D eigenvalue weighted by Gasteiger charge is -2.45. The third-order valence-corrected chi connectivity index (χ3v) is 6.32. The van der Waals surface area contributed by atoms with Crippen LogP contribution in [0.3, 0.4) is 0 Å². The van der Waals surface area contributed by atoms with Crippen molar-refractivity contribution in [3.8, 4) is 5.75 Å². The average Bonchev–Trinajstić information content (AvgIpc) is 2.69. The largest absolute Gasteiger partial charge is 0.486 e. The molecular weight excluding hydrogens is 361 g/mol. The van der Waals surface area contributed by atoms with Crippen molar-refractivity contribution >= 4 is 11.6 Å². The van der Waals surface area contributed by atoms with Crippen molar-refractivity contribution < 1.29 is 18.8 Å². The molecule has 1 amide bonds. The minimum Gasteiger partial charge on any atom is -0.486 e. The molecule has 0 saturated carbocycles. The van der Waals surface area contributed by atoms with Crippen molar-refractivity contribution in [2.24, 2.45) is 11.1 Å². The molecule has 7 heteroatoms. The Bertz CT molecular complexity index is 766. The van der Waals surface area contributed by atoms with Crippen LogP contribution in [-0.2, 0) is 9.63 Å². The fourth-order valence-corrected chi connectivity index (χ4v) is 4.61. The maximum Gasteiger partial charge on any atom is 0.225 e. The summed E-state index contributed by atoms with van der Waals surface area (Å²) in [5, 5.41) is 4.14. The number of ether oxygens (including phenoxy) is 1. The maximum absolute atomic E-state index is 13.7. The summed E-state index contributed by atoms with van der Waals surface area (Å²) in [7, 11) is 3.60. The van der Waals surface area contributed by atoms with Gasteiger partial charge in [-0.1, -0.05) is 5.16 Å².